The van der Waals surface area contributed by atoms with Crippen LogP contribution in [0.1, 0.15) is 31.5 Å². The fourth-order valence-corrected chi connectivity index (χ4v) is 1.39. The molecule has 0 radical (unpaired) electrons. The summed E-state index contributed by atoms with van der Waals surface area (Å²) in [5, 5.41) is 3.08. The Morgan fingerprint density at radius 1 is 1.39 bits per heavy atom. The molecule has 0 saturated heterocycles. The van der Waals surface area contributed by atoms with E-state index in [-0.39, 0.29) is 5.60 Å². The Kier molecular flexibility index (Phi) is 5.50. The van der Waals surface area contributed by atoms with Crippen LogP contribution >= 0.6 is 0 Å². The second kappa shape index (κ2) is 6.66. The average Bonchev–Trinajstić information content (AvgIpc) is 2.32. The first-order valence-corrected chi connectivity index (χ1v) is 6.13. The molecule has 1 aromatic heterocycles. The number of nitrogens with zero attached hydrogens (tertiary/aromatic N) is 2. The summed E-state index contributed by atoms with van der Waals surface area (Å²) in [7, 11) is 3.60. The average molecular weight is 253 g/mol. The van der Waals surface area contributed by atoms with Gasteiger partial charge in [-0.1, -0.05) is 0 Å². The molecule has 0 spiro atoms. The van der Waals surface area contributed by atoms with Crippen molar-refractivity contribution in [3.8, 4) is 6.01 Å². The topological polar surface area (TPSA) is 56.3 Å². The summed E-state index contributed by atoms with van der Waals surface area (Å²) >= 11 is 0. The number of rotatable bonds is 7. The first kappa shape index (κ1) is 14.9. The van der Waals surface area contributed by atoms with Crippen molar-refractivity contribution in [3.63, 3.8) is 0 Å². The van der Waals surface area contributed by atoms with Crippen LogP contribution in [-0.2, 0) is 11.3 Å². The molecule has 5 nitrogen and oxygen atoms in total. The van der Waals surface area contributed by atoms with Crippen LogP contribution in [0.2, 0.25) is 0 Å². The summed E-state index contributed by atoms with van der Waals surface area (Å²) in [6.45, 7) is 7.33. The maximum absolute atomic E-state index is 5.54. The lowest BCUT2D eigenvalue weighted by Gasteiger charge is -2.22. The van der Waals surface area contributed by atoms with Crippen molar-refractivity contribution < 1.29 is 9.47 Å². The summed E-state index contributed by atoms with van der Waals surface area (Å²) in [5.74, 6) is 0. The molecule has 0 aliphatic rings. The molecule has 0 aliphatic carbocycles. The lowest BCUT2D eigenvalue weighted by atomic mass is 10.1. The highest BCUT2D eigenvalue weighted by Gasteiger charge is 2.16. The Balaban J connectivity index is 2.51. The summed E-state index contributed by atoms with van der Waals surface area (Å²) in [6.07, 6.45) is 2.60. The Morgan fingerprint density at radius 2 is 2.11 bits per heavy atom. The standard InChI is InChI=1S/C13H23N3O2/c1-10-11(8-14-4)9-15-12(16-10)18-7-6-13(2,3)17-5/h9,14H,6-8H2,1-5H3. The fraction of sp³-hybridized carbons (Fsp3) is 0.692. The zero-order valence-corrected chi connectivity index (χ0v) is 11.9. The molecule has 1 heterocycles. The quantitative estimate of drug-likeness (QED) is 0.801. The van der Waals surface area contributed by atoms with Crippen molar-refractivity contribution >= 4 is 0 Å². The van der Waals surface area contributed by atoms with Gasteiger partial charge in [0.05, 0.1) is 12.2 Å². The molecular weight excluding hydrogens is 230 g/mol. The maximum Gasteiger partial charge on any atom is 0.316 e. The minimum atomic E-state index is -0.179. The van der Waals surface area contributed by atoms with Gasteiger partial charge in [0, 0.05) is 37.5 Å². The van der Waals surface area contributed by atoms with E-state index < -0.39 is 0 Å². The molecule has 0 unspecified atom stereocenters. The van der Waals surface area contributed by atoms with Crippen LogP contribution in [0.15, 0.2) is 6.20 Å². The lowest BCUT2D eigenvalue weighted by Crippen LogP contribution is -2.25. The molecule has 5 heteroatoms. The van der Waals surface area contributed by atoms with Crippen molar-refractivity contribution in [2.24, 2.45) is 0 Å². The van der Waals surface area contributed by atoms with Gasteiger partial charge < -0.3 is 14.8 Å². The molecule has 0 saturated carbocycles. The van der Waals surface area contributed by atoms with E-state index in [1.54, 1.807) is 13.3 Å². The van der Waals surface area contributed by atoms with E-state index in [4.69, 9.17) is 9.47 Å². The van der Waals surface area contributed by atoms with Crippen LogP contribution in [0.4, 0.5) is 0 Å². The van der Waals surface area contributed by atoms with E-state index in [2.05, 4.69) is 15.3 Å². The zero-order chi connectivity index (χ0) is 13.6. The molecule has 1 rings (SSSR count). The number of ether oxygens (including phenoxy) is 2. The second-order valence-corrected chi connectivity index (χ2v) is 4.86. The number of nitrogens with one attached hydrogen (secondary N) is 1. The van der Waals surface area contributed by atoms with Gasteiger partial charge in [0.15, 0.2) is 0 Å². The number of aromatic nitrogens is 2. The van der Waals surface area contributed by atoms with Crippen molar-refractivity contribution in [1.29, 1.82) is 0 Å². The molecule has 0 aliphatic heterocycles. The molecule has 1 N–H and O–H groups in total. The number of aryl methyl sites for hydroxylation is 1. The van der Waals surface area contributed by atoms with E-state index >= 15 is 0 Å². The first-order chi connectivity index (χ1) is 8.48. The van der Waals surface area contributed by atoms with Crippen LogP contribution in [0.25, 0.3) is 0 Å². The van der Waals surface area contributed by atoms with Gasteiger partial charge in [-0.05, 0) is 27.8 Å². The van der Waals surface area contributed by atoms with Crippen LogP contribution in [0.3, 0.4) is 0 Å². The van der Waals surface area contributed by atoms with Crippen LogP contribution in [0, 0.1) is 6.92 Å². The normalized spacial score (nSPS) is 11.6. The summed E-state index contributed by atoms with van der Waals surface area (Å²) in [6, 6.07) is 0.430. The SMILES string of the molecule is CNCc1cnc(OCCC(C)(C)OC)nc1C. The van der Waals surface area contributed by atoms with Crippen molar-refractivity contribution in [2.45, 2.75) is 39.3 Å². The molecule has 0 bridgehead atoms. The Morgan fingerprint density at radius 3 is 2.67 bits per heavy atom. The monoisotopic (exact) mass is 253 g/mol. The van der Waals surface area contributed by atoms with Crippen LogP contribution in [0.5, 0.6) is 6.01 Å². The molecule has 102 valence electrons. The van der Waals surface area contributed by atoms with Gasteiger partial charge in [-0.25, -0.2) is 9.97 Å². The second-order valence-electron chi connectivity index (χ2n) is 4.86. The number of hydrogen-bond acceptors (Lipinski definition) is 5. The Bertz CT molecular complexity index is 380. The third-order valence-electron chi connectivity index (χ3n) is 2.91. The van der Waals surface area contributed by atoms with E-state index in [9.17, 15) is 0 Å². The minimum Gasteiger partial charge on any atom is -0.463 e. The maximum atomic E-state index is 5.54. The van der Waals surface area contributed by atoms with Gasteiger partial charge in [0.25, 0.3) is 0 Å². The van der Waals surface area contributed by atoms with Gasteiger partial charge in [0.2, 0.25) is 0 Å². The molecule has 1 aromatic rings. The smallest absolute Gasteiger partial charge is 0.316 e. The van der Waals surface area contributed by atoms with Crippen LogP contribution in [-0.4, -0.2) is 36.3 Å². The molecule has 18 heavy (non-hydrogen) atoms. The first-order valence-electron chi connectivity index (χ1n) is 6.13. The van der Waals surface area contributed by atoms with E-state index in [0.29, 0.717) is 12.6 Å². The number of methoxy groups -OCH3 is 1. The summed E-state index contributed by atoms with van der Waals surface area (Å²) in [5.41, 5.74) is 1.85. The predicted molar refractivity (Wildman–Crippen MR) is 70.7 cm³/mol. The predicted octanol–water partition coefficient (Wildman–Crippen LogP) is 1.70. The van der Waals surface area contributed by atoms with Gasteiger partial charge in [-0.3, -0.25) is 0 Å². The largest absolute Gasteiger partial charge is 0.463 e. The van der Waals surface area contributed by atoms with E-state index in [1.807, 2.05) is 27.8 Å². The molecule has 0 atom stereocenters. The van der Waals surface area contributed by atoms with Crippen molar-refractivity contribution in [1.82, 2.24) is 15.3 Å². The Hall–Kier alpha value is -1.20. The van der Waals surface area contributed by atoms with Crippen LogP contribution < -0.4 is 10.1 Å². The third-order valence-corrected chi connectivity index (χ3v) is 2.91. The van der Waals surface area contributed by atoms with Gasteiger partial charge in [-0.2, -0.15) is 0 Å². The highest BCUT2D eigenvalue weighted by molar-refractivity contribution is 5.17. The Labute approximate surface area is 109 Å². The van der Waals surface area contributed by atoms with Crippen molar-refractivity contribution in [3.05, 3.63) is 17.5 Å². The van der Waals surface area contributed by atoms with Gasteiger partial charge in [0.1, 0.15) is 0 Å². The summed E-state index contributed by atoms with van der Waals surface area (Å²) < 4.78 is 10.9. The third kappa shape index (κ3) is 4.58. The molecule has 0 fully saturated rings. The summed E-state index contributed by atoms with van der Waals surface area (Å²) in [4.78, 5) is 8.51. The molecule has 0 amide bonds. The number of hydrogen-bond donors (Lipinski definition) is 1. The van der Waals surface area contributed by atoms with E-state index in [1.165, 1.54) is 0 Å². The van der Waals surface area contributed by atoms with Gasteiger partial charge in [-0.15, -0.1) is 0 Å². The van der Waals surface area contributed by atoms with E-state index in [0.717, 1.165) is 24.2 Å². The fourth-order valence-electron chi connectivity index (χ4n) is 1.39. The highest BCUT2D eigenvalue weighted by atomic mass is 16.5. The van der Waals surface area contributed by atoms with Crippen molar-refractivity contribution in [2.75, 3.05) is 20.8 Å². The molecular formula is C13H23N3O2. The molecule has 0 aromatic carbocycles. The zero-order valence-electron chi connectivity index (χ0n) is 11.9. The minimum absolute atomic E-state index is 0.179. The highest BCUT2D eigenvalue weighted by Crippen LogP contribution is 2.14. The van der Waals surface area contributed by atoms with Gasteiger partial charge >= 0.3 is 6.01 Å². The lowest BCUT2D eigenvalue weighted by molar-refractivity contribution is 0.00465.